The Balaban J connectivity index is 1.45. The highest BCUT2D eigenvalue weighted by Gasteiger charge is 2.56. The Hall–Kier alpha value is -1.34. The van der Waals surface area contributed by atoms with Crippen LogP contribution in [-0.2, 0) is 10.5 Å². The molecular formula is C17H13Cl2N3OS2. The second-order valence-corrected chi connectivity index (χ2v) is 9.61. The molecule has 0 spiro atoms. The lowest BCUT2D eigenvalue weighted by atomic mass is 10.3. The third kappa shape index (κ3) is 3.92. The zero-order chi connectivity index (χ0) is 17.4. The first kappa shape index (κ1) is 17.1. The molecule has 1 aromatic carbocycles. The van der Waals surface area contributed by atoms with Crippen LogP contribution in [0.4, 0.5) is 5.69 Å². The van der Waals surface area contributed by atoms with Crippen molar-refractivity contribution in [2.75, 3.05) is 5.32 Å². The average molecular weight is 410 g/mol. The van der Waals surface area contributed by atoms with Crippen LogP contribution >= 0.6 is 46.3 Å². The van der Waals surface area contributed by atoms with Gasteiger partial charge in [-0.15, -0.1) is 34.5 Å². The molecule has 1 unspecified atom stereocenters. The number of benzene rings is 1. The number of nitrogens with one attached hydrogen (secondary N) is 1. The van der Waals surface area contributed by atoms with E-state index < -0.39 is 4.33 Å². The highest BCUT2D eigenvalue weighted by molar-refractivity contribution is 8.00. The zero-order valence-corrected chi connectivity index (χ0v) is 16.1. The molecule has 0 aliphatic heterocycles. The second-order valence-electron chi connectivity index (χ2n) is 5.82. The van der Waals surface area contributed by atoms with E-state index in [-0.39, 0.29) is 11.8 Å². The van der Waals surface area contributed by atoms with Gasteiger partial charge in [0, 0.05) is 23.8 Å². The van der Waals surface area contributed by atoms with Crippen molar-refractivity contribution in [1.29, 1.82) is 0 Å². The highest BCUT2D eigenvalue weighted by atomic mass is 35.5. The van der Waals surface area contributed by atoms with Gasteiger partial charge in [-0.05, 0) is 36.2 Å². The van der Waals surface area contributed by atoms with Crippen molar-refractivity contribution < 1.29 is 4.79 Å². The number of fused-ring (bicyclic) bond motifs is 1. The molecule has 1 aliphatic rings. The van der Waals surface area contributed by atoms with Crippen LogP contribution < -0.4 is 5.32 Å². The number of alkyl halides is 2. The normalized spacial score (nSPS) is 18.2. The predicted molar refractivity (Wildman–Crippen MR) is 105 cm³/mol. The number of rotatable bonds is 5. The first-order chi connectivity index (χ1) is 12.0. The maximum Gasteiger partial charge on any atom is 0.230 e. The number of hydrogen-bond acceptors (Lipinski definition) is 5. The number of hydrogen-bond donors (Lipinski definition) is 1. The summed E-state index contributed by atoms with van der Waals surface area (Å²) in [6, 6.07) is 9.68. The summed E-state index contributed by atoms with van der Waals surface area (Å²) in [6.45, 7) is 0. The lowest BCUT2D eigenvalue weighted by Gasteiger charge is -2.04. The number of thiazole rings is 1. The number of aromatic nitrogens is 2. The summed E-state index contributed by atoms with van der Waals surface area (Å²) >= 11 is 15.2. The van der Waals surface area contributed by atoms with E-state index in [4.69, 9.17) is 23.2 Å². The molecular weight excluding hydrogens is 397 g/mol. The number of amides is 1. The second kappa shape index (κ2) is 6.76. The largest absolute Gasteiger partial charge is 0.326 e. The minimum absolute atomic E-state index is 0.139. The molecule has 2 heterocycles. The predicted octanol–water partition coefficient (Wildman–Crippen LogP) is 5.12. The SMILES string of the molecule is O=C(Nc1ccc2nc(SCc3cccnc3)sc2c1)C1CC1(Cl)Cl. The molecule has 1 saturated carbocycles. The third-order valence-corrected chi connectivity index (χ3v) is 6.93. The molecule has 1 fully saturated rings. The quantitative estimate of drug-likeness (QED) is 0.469. The Labute approximate surface area is 163 Å². The number of anilines is 1. The van der Waals surface area contributed by atoms with Gasteiger partial charge in [0.2, 0.25) is 5.91 Å². The lowest BCUT2D eigenvalue weighted by molar-refractivity contribution is -0.117. The summed E-state index contributed by atoms with van der Waals surface area (Å²) in [5.74, 6) is 0.352. The maximum atomic E-state index is 12.1. The molecule has 1 amide bonds. The molecule has 128 valence electrons. The van der Waals surface area contributed by atoms with Gasteiger partial charge in [-0.3, -0.25) is 9.78 Å². The van der Waals surface area contributed by atoms with Crippen molar-refractivity contribution in [3.8, 4) is 0 Å². The van der Waals surface area contributed by atoms with Crippen LogP contribution in [0, 0.1) is 5.92 Å². The fourth-order valence-electron chi connectivity index (χ4n) is 2.40. The maximum absolute atomic E-state index is 12.1. The number of nitrogens with zero attached hydrogens (tertiary/aromatic N) is 2. The fourth-order valence-corrected chi connectivity index (χ4v) is 4.95. The van der Waals surface area contributed by atoms with E-state index in [0.29, 0.717) is 6.42 Å². The standard InChI is InChI=1S/C17H13Cl2N3OS2/c18-17(19)7-12(17)15(23)21-11-3-4-13-14(6-11)25-16(22-13)24-9-10-2-1-5-20-8-10/h1-6,8,12H,7,9H2,(H,21,23). The molecule has 25 heavy (non-hydrogen) atoms. The smallest absolute Gasteiger partial charge is 0.230 e. The summed E-state index contributed by atoms with van der Waals surface area (Å²) < 4.78 is 1.12. The van der Waals surface area contributed by atoms with Crippen LogP contribution in [0.1, 0.15) is 12.0 Å². The van der Waals surface area contributed by atoms with Gasteiger partial charge in [0.1, 0.15) is 4.33 Å². The molecule has 0 radical (unpaired) electrons. The van der Waals surface area contributed by atoms with Crippen LogP contribution in [0.15, 0.2) is 47.1 Å². The van der Waals surface area contributed by atoms with Gasteiger partial charge in [0.15, 0.2) is 4.34 Å². The summed E-state index contributed by atoms with van der Waals surface area (Å²) in [5, 5.41) is 2.87. The van der Waals surface area contributed by atoms with Gasteiger partial charge in [-0.1, -0.05) is 17.8 Å². The number of carbonyl (C=O) groups excluding carboxylic acids is 1. The van der Waals surface area contributed by atoms with Crippen molar-refractivity contribution in [3.63, 3.8) is 0 Å². The summed E-state index contributed by atoms with van der Waals surface area (Å²) in [5.41, 5.74) is 2.82. The van der Waals surface area contributed by atoms with Gasteiger partial charge < -0.3 is 5.32 Å². The molecule has 1 N–H and O–H groups in total. The molecule has 3 aromatic rings. The first-order valence-corrected chi connectivity index (χ1v) is 10.2. The summed E-state index contributed by atoms with van der Waals surface area (Å²) in [4.78, 5) is 20.8. The minimum atomic E-state index is -0.908. The summed E-state index contributed by atoms with van der Waals surface area (Å²) in [6.07, 6.45) is 4.13. The van der Waals surface area contributed by atoms with Crippen LogP contribution in [0.5, 0.6) is 0 Å². The molecule has 8 heteroatoms. The van der Waals surface area contributed by atoms with Gasteiger partial charge in [-0.25, -0.2) is 4.98 Å². The first-order valence-electron chi connectivity index (χ1n) is 7.62. The van der Waals surface area contributed by atoms with Crippen molar-refractivity contribution in [1.82, 2.24) is 9.97 Å². The monoisotopic (exact) mass is 409 g/mol. The Morgan fingerprint density at radius 2 is 2.24 bits per heavy atom. The van der Waals surface area contributed by atoms with Crippen LogP contribution in [-0.4, -0.2) is 20.2 Å². The van der Waals surface area contributed by atoms with Crippen molar-refractivity contribution >= 4 is 68.1 Å². The lowest BCUT2D eigenvalue weighted by Crippen LogP contribution is -2.16. The van der Waals surface area contributed by atoms with Gasteiger partial charge in [0.05, 0.1) is 16.1 Å². The minimum Gasteiger partial charge on any atom is -0.326 e. The fraction of sp³-hybridized carbons (Fsp3) is 0.235. The van der Waals surface area contributed by atoms with Gasteiger partial charge >= 0.3 is 0 Å². The topological polar surface area (TPSA) is 54.9 Å². The molecule has 1 atom stereocenters. The molecule has 2 aromatic heterocycles. The van der Waals surface area contributed by atoms with Crippen LogP contribution in [0.2, 0.25) is 0 Å². The Bertz CT molecular complexity index is 930. The third-order valence-electron chi connectivity index (χ3n) is 3.86. The van der Waals surface area contributed by atoms with E-state index in [1.54, 1.807) is 29.3 Å². The van der Waals surface area contributed by atoms with Crippen LogP contribution in [0.3, 0.4) is 0 Å². The van der Waals surface area contributed by atoms with E-state index in [1.165, 1.54) is 0 Å². The van der Waals surface area contributed by atoms with Crippen LogP contribution in [0.25, 0.3) is 10.2 Å². The average Bonchev–Trinajstić information content (AvgIpc) is 3.06. The van der Waals surface area contributed by atoms with E-state index in [2.05, 4.69) is 15.3 Å². The number of thioether (sulfide) groups is 1. The molecule has 0 saturated heterocycles. The number of carbonyl (C=O) groups is 1. The molecule has 4 rings (SSSR count). The molecule has 4 nitrogen and oxygen atoms in total. The number of pyridine rings is 1. The van der Waals surface area contributed by atoms with E-state index in [1.807, 2.05) is 36.5 Å². The Morgan fingerprint density at radius 1 is 1.40 bits per heavy atom. The molecule has 0 bridgehead atoms. The Kier molecular flexibility index (Phi) is 4.62. The number of halogens is 2. The molecule has 1 aliphatic carbocycles. The van der Waals surface area contributed by atoms with E-state index in [9.17, 15) is 4.79 Å². The van der Waals surface area contributed by atoms with Gasteiger partial charge in [0.25, 0.3) is 0 Å². The van der Waals surface area contributed by atoms with Crippen molar-refractivity contribution in [2.45, 2.75) is 20.8 Å². The van der Waals surface area contributed by atoms with Crippen molar-refractivity contribution in [3.05, 3.63) is 48.3 Å². The zero-order valence-electron chi connectivity index (χ0n) is 12.9. The summed E-state index contributed by atoms with van der Waals surface area (Å²) in [7, 11) is 0. The highest BCUT2D eigenvalue weighted by Crippen LogP contribution is 2.53. The van der Waals surface area contributed by atoms with E-state index in [0.717, 1.165) is 31.6 Å². The van der Waals surface area contributed by atoms with E-state index >= 15 is 0 Å². The Morgan fingerprint density at radius 3 is 2.96 bits per heavy atom. The van der Waals surface area contributed by atoms with Gasteiger partial charge in [-0.2, -0.15) is 0 Å². The van der Waals surface area contributed by atoms with Crippen molar-refractivity contribution in [2.24, 2.45) is 5.92 Å².